The molecule has 0 aromatic carbocycles. The van der Waals surface area contributed by atoms with E-state index >= 15 is 0 Å². The van der Waals surface area contributed by atoms with E-state index in [1.807, 2.05) is 0 Å². The molecule has 1 saturated heterocycles. The lowest BCUT2D eigenvalue weighted by atomic mass is 9.99. The van der Waals surface area contributed by atoms with Crippen molar-refractivity contribution in [1.29, 1.82) is 0 Å². The fourth-order valence-electron chi connectivity index (χ4n) is 2.54. The molecule has 0 spiro atoms. The SMILES string of the molecule is COCCN1[C@@H](C)CN(C(C)(C)C)C[C@@H]1C. The molecule has 0 radical (unpaired) electrons. The average Bonchev–Trinajstić information content (AvgIpc) is 2.15. The van der Waals surface area contributed by atoms with Gasteiger partial charge in [-0.25, -0.2) is 0 Å². The average molecular weight is 228 g/mol. The van der Waals surface area contributed by atoms with Gasteiger partial charge in [0, 0.05) is 44.4 Å². The summed E-state index contributed by atoms with van der Waals surface area (Å²) in [6, 6.07) is 1.25. The Morgan fingerprint density at radius 3 is 2.00 bits per heavy atom. The fourth-order valence-corrected chi connectivity index (χ4v) is 2.54. The van der Waals surface area contributed by atoms with Gasteiger partial charge in [0.25, 0.3) is 0 Å². The van der Waals surface area contributed by atoms with Crippen molar-refractivity contribution in [3.63, 3.8) is 0 Å². The van der Waals surface area contributed by atoms with Gasteiger partial charge in [0.2, 0.25) is 0 Å². The normalized spacial score (nSPS) is 29.6. The Morgan fingerprint density at radius 1 is 1.12 bits per heavy atom. The van der Waals surface area contributed by atoms with Gasteiger partial charge in [-0.3, -0.25) is 9.80 Å². The lowest BCUT2D eigenvalue weighted by Crippen LogP contribution is -2.61. The molecule has 1 fully saturated rings. The third-order valence-corrected chi connectivity index (χ3v) is 3.60. The van der Waals surface area contributed by atoms with Crippen molar-refractivity contribution in [2.45, 2.75) is 52.2 Å². The summed E-state index contributed by atoms with van der Waals surface area (Å²) in [6.45, 7) is 15.8. The van der Waals surface area contributed by atoms with Gasteiger partial charge in [-0.1, -0.05) is 0 Å². The summed E-state index contributed by atoms with van der Waals surface area (Å²) in [7, 11) is 1.78. The number of piperazine rings is 1. The summed E-state index contributed by atoms with van der Waals surface area (Å²) < 4.78 is 5.18. The van der Waals surface area contributed by atoms with Crippen LogP contribution in [0.25, 0.3) is 0 Å². The van der Waals surface area contributed by atoms with E-state index in [1.54, 1.807) is 7.11 Å². The Kier molecular flexibility index (Phi) is 4.77. The van der Waals surface area contributed by atoms with Crippen LogP contribution < -0.4 is 0 Å². The Hall–Kier alpha value is -0.120. The summed E-state index contributed by atoms with van der Waals surface area (Å²) in [6.07, 6.45) is 0. The van der Waals surface area contributed by atoms with Gasteiger partial charge < -0.3 is 4.74 Å². The van der Waals surface area contributed by atoms with Crippen molar-refractivity contribution >= 4 is 0 Å². The van der Waals surface area contributed by atoms with Crippen LogP contribution in [-0.2, 0) is 4.74 Å². The summed E-state index contributed by atoms with van der Waals surface area (Å²) in [5.74, 6) is 0. The molecule has 0 aliphatic carbocycles. The molecule has 3 nitrogen and oxygen atoms in total. The van der Waals surface area contributed by atoms with E-state index in [0.717, 1.165) is 26.2 Å². The maximum atomic E-state index is 5.18. The highest BCUT2D eigenvalue weighted by molar-refractivity contribution is 4.90. The Morgan fingerprint density at radius 2 is 1.62 bits per heavy atom. The zero-order valence-corrected chi connectivity index (χ0v) is 11.8. The van der Waals surface area contributed by atoms with Gasteiger partial charge in [-0.05, 0) is 34.6 Å². The van der Waals surface area contributed by atoms with Crippen LogP contribution in [0.5, 0.6) is 0 Å². The third kappa shape index (κ3) is 3.44. The molecule has 1 heterocycles. The molecule has 1 aliphatic rings. The quantitative estimate of drug-likeness (QED) is 0.733. The van der Waals surface area contributed by atoms with Crippen molar-refractivity contribution in [3.8, 4) is 0 Å². The van der Waals surface area contributed by atoms with E-state index in [2.05, 4.69) is 44.4 Å². The van der Waals surface area contributed by atoms with Crippen molar-refractivity contribution in [3.05, 3.63) is 0 Å². The van der Waals surface area contributed by atoms with Gasteiger partial charge in [0.05, 0.1) is 6.61 Å². The number of nitrogens with zero attached hydrogens (tertiary/aromatic N) is 2. The highest BCUT2D eigenvalue weighted by atomic mass is 16.5. The van der Waals surface area contributed by atoms with E-state index in [0.29, 0.717) is 12.1 Å². The van der Waals surface area contributed by atoms with E-state index in [-0.39, 0.29) is 5.54 Å². The molecule has 1 rings (SSSR count). The smallest absolute Gasteiger partial charge is 0.0589 e. The molecule has 3 heteroatoms. The van der Waals surface area contributed by atoms with Crippen LogP contribution >= 0.6 is 0 Å². The zero-order valence-electron chi connectivity index (χ0n) is 11.8. The minimum atomic E-state index is 0.288. The van der Waals surface area contributed by atoms with Crippen molar-refractivity contribution in [1.82, 2.24) is 9.80 Å². The first-order chi connectivity index (χ1) is 7.36. The summed E-state index contributed by atoms with van der Waals surface area (Å²) >= 11 is 0. The fraction of sp³-hybridized carbons (Fsp3) is 1.00. The van der Waals surface area contributed by atoms with Crippen molar-refractivity contribution in [2.75, 3.05) is 33.4 Å². The molecule has 16 heavy (non-hydrogen) atoms. The Labute approximate surface area is 101 Å². The van der Waals surface area contributed by atoms with Crippen LogP contribution in [0.2, 0.25) is 0 Å². The molecule has 1 aliphatic heterocycles. The minimum Gasteiger partial charge on any atom is -0.383 e. The molecule has 0 unspecified atom stereocenters. The molecule has 0 N–H and O–H groups in total. The predicted molar refractivity (Wildman–Crippen MR) is 68.8 cm³/mol. The molecular formula is C13H28N2O. The highest BCUT2D eigenvalue weighted by Gasteiger charge is 2.33. The van der Waals surface area contributed by atoms with Gasteiger partial charge >= 0.3 is 0 Å². The standard InChI is InChI=1S/C13H28N2O/c1-11-9-14(13(3,4)5)10-12(2)15(11)7-8-16-6/h11-12H,7-10H2,1-6H3/t11-,12-/m0/s1. The summed E-state index contributed by atoms with van der Waals surface area (Å²) in [4.78, 5) is 5.15. The maximum absolute atomic E-state index is 5.18. The maximum Gasteiger partial charge on any atom is 0.0589 e. The second-order valence-electron chi connectivity index (χ2n) is 6.00. The van der Waals surface area contributed by atoms with E-state index < -0.39 is 0 Å². The molecule has 0 aromatic heterocycles. The number of hydrogen-bond donors (Lipinski definition) is 0. The molecule has 2 atom stereocenters. The largest absolute Gasteiger partial charge is 0.383 e. The topological polar surface area (TPSA) is 15.7 Å². The van der Waals surface area contributed by atoms with E-state index in [4.69, 9.17) is 4.74 Å². The second kappa shape index (κ2) is 5.48. The van der Waals surface area contributed by atoms with Crippen LogP contribution in [-0.4, -0.2) is 60.8 Å². The first kappa shape index (κ1) is 13.9. The lowest BCUT2D eigenvalue weighted by Gasteiger charge is -2.49. The monoisotopic (exact) mass is 228 g/mol. The Balaban J connectivity index is 2.57. The molecular weight excluding hydrogens is 200 g/mol. The lowest BCUT2D eigenvalue weighted by molar-refractivity contribution is -0.0152. The van der Waals surface area contributed by atoms with Gasteiger partial charge in [0.1, 0.15) is 0 Å². The molecule has 0 amide bonds. The number of rotatable bonds is 3. The first-order valence-electron chi connectivity index (χ1n) is 6.36. The third-order valence-electron chi connectivity index (χ3n) is 3.60. The first-order valence-corrected chi connectivity index (χ1v) is 6.36. The second-order valence-corrected chi connectivity index (χ2v) is 6.00. The number of hydrogen-bond acceptors (Lipinski definition) is 3. The molecule has 0 bridgehead atoms. The van der Waals surface area contributed by atoms with E-state index in [9.17, 15) is 0 Å². The van der Waals surface area contributed by atoms with Crippen molar-refractivity contribution in [2.24, 2.45) is 0 Å². The minimum absolute atomic E-state index is 0.288. The van der Waals surface area contributed by atoms with Crippen LogP contribution in [0.1, 0.15) is 34.6 Å². The van der Waals surface area contributed by atoms with Crippen LogP contribution in [0.4, 0.5) is 0 Å². The number of methoxy groups -OCH3 is 1. The Bertz CT molecular complexity index is 200. The molecule has 0 saturated carbocycles. The van der Waals surface area contributed by atoms with E-state index in [1.165, 1.54) is 0 Å². The highest BCUT2D eigenvalue weighted by Crippen LogP contribution is 2.22. The van der Waals surface area contributed by atoms with Crippen LogP contribution in [0.15, 0.2) is 0 Å². The molecule has 96 valence electrons. The van der Waals surface area contributed by atoms with Crippen LogP contribution in [0, 0.1) is 0 Å². The van der Waals surface area contributed by atoms with Crippen LogP contribution in [0.3, 0.4) is 0 Å². The summed E-state index contributed by atoms with van der Waals surface area (Å²) in [5, 5.41) is 0. The zero-order chi connectivity index (χ0) is 12.3. The summed E-state index contributed by atoms with van der Waals surface area (Å²) in [5.41, 5.74) is 0.288. The number of ether oxygens (including phenoxy) is 1. The van der Waals surface area contributed by atoms with Gasteiger partial charge in [0.15, 0.2) is 0 Å². The van der Waals surface area contributed by atoms with Crippen molar-refractivity contribution < 1.29 is 4.74 Å². The molecule has 0 aromatic rings. The predicted octanol–water partition coefficient (Wildman–Crippen LogP) is 1.83. The van der Waals surface area contributed by atoms with Gasteiger partial charge in [-0.15, -0.1) is 0 Å². The van der Waals surface area contributed by atoms with Gasteiger partial charge in [-0.2, -0.15) is 0 Å².